The Hall–Kier alpha value is -1.87. The summed E-state index contributed by atoms with van der Waals surface area (Å²) in [4.78, 5) is 15.6. The first-order valence-corrected chi connectivity index (χ1v) is 35.3. The predicted octanol–water partition coefficient (Wildman–Crippen LogP) is -5.96. The van der Waals surface area contributed by atoms with E-state index in [1.54, 1.807) is 6.92 Å². The molecule has 0 amide bonds. The molecule has 0 aromatic carbocycles. The molecule has 100 heavy (non-hydrogen) atoms. The number of Topliss-reactive ketones (excluding diaryl/α,β-unsaturated/α-hetero) is 1. The minimum atomic E-state index is -1.94. The topological polar surface area (TPSA) is 532 Å². The van der Waals surface area contributed by atoms with Crippen LogP contribution in [0.1, 0.15) is 120 Å². The lowest BCUT2D eigenvalue weighted by Gasteiger charge is -2.65. The van der Waals surface area contributed by atoms with Gasteiger partial charge in [-0.3, -0.25) is 4.79 Å². The molecule has 3 saturated carbocycles. The van der Waals surface area contributed by atoms with Crippen LogP contribution < -0.4 is 0 Å². The summed E-state index contributed by atoms with van der Waals surface area (Å²) in [5.74, 6) is -0.463. The number of fused-ring (bicyclic) bond motifs is 5. The van der Waals surface area contributed by atoms with Gasteiger partial charge in [0.05, 0.1) is 56.9 Å². The third-order valence-electron chi connectivity index (χ3n) is 25.0. The number of aliphatic hydroxyl groups excluding tert-OH is 19. The molecular formula is C67H112O33. The first-order chi connectivity index (χ1) is 46.9. The summed E-state index contributed by atoms with van der Waals surface area (Å²) >= 11 is 0. The first-order valence-electron chi connectivity index (χ1n) is 35.3. The molecule has 4 aliphatic carbocycles. The molecular weight excluding hydrogens is 1330 g/mol. The summed E-state index contributed by atoms with van der Waals surface area (Å²) < 4.78 is 72.4. The van der Waals surface area contributed by atoms with E-state index in [4.69, 9.17) is 56.8 Å². The second-order valence-corrected chi connectivity index (χ2v) is 31.6. The molecule has 3 unspecified atom stereocenters. The van der Waals surface area contributed by atoms with Crippen LogP contribution >= 0.6 is 0 Å². The number of allylic oxidation sites excluding steroid dienone is 1. The summed E-state index contributed by atoms with van der Waals surface area (Å²) in [5, 5.41) is 217. The molecule has 0 radical (unpaired) electrons. The monoisotopic (exact) mass is 1440 g/mol. The van der Waals surface area contributed by atoms with Crippen LogP contribution in [0.3, 0.4) is 0 Å². The molecule has 6 heterocycles. The highest BCUT2D eigenvalue weighted by molar-refractivity contribution is 5.88. The van der Waals surface area contributed by atoms with Gasteiger partial charge in [-0.05, 0) is 99.7 Å². The number of carbonyl (C=O) groups is 1. The van der Waals surface area contributed by atoms with Crippen LogP contribution in [0.2, 0.25) is 0 Å². The molecule has 10 aliphatic rings. The molecule has 33 heteroatoms. The van der Waals surface area contributed by atoms with Crippen molar-refractivity contribution in [2.75, 3.05) is 33.0 Å². The van der Waals surface area contributed by atoms with Crippen molar-refractivity contribution in [1.82, 2.24) is 0 Å². The second-order valence-electron chi connectivity index (χ2n) is 31.6. The van der Waals surface area contributed by atoms with E-state index in [1.165, 1.54) is 13.8 Å². The van der Waals surface area contributed by atoms with E-state index in [0.717, 1.165) is 18.4 Å². The quantitative estimate of drug-likeness (QED) is 0.0424. The zero-order valence-corrected chi connectivity index (χ0v) is 58.0. The predicted molar refractivity (Wildman–Crippen MR) is 335 cm³/mol. The fourth-order valence-electron chi connectivity index (χ4n) is 18.4. The van der Waals surface area contributed by atoms with Crippen LogP contribution in [0, 0.1) is 45.3 Å². The van der Waals surface area contributed by atoms with Crippen LogP contribution in [0.15, 0.2) is 11.6 Å². The van der Waals surface area contributed by atoms with Crippen LogP contribution in [0.5, 0.6) is 0 Å². The minimum absolute atomic E-state index is 0.0329. The number of ether oxygens (including phenoxy) is 12. The highest BCUT2D eigenvalue weighted by Gasteiger charge is 2.71. The number of hydrogen-bond acceptors (Lipinski definition) is 33. The summed E-state index contributed by atoms with van der Waals surface area (Å²) in [6.45, 7) is 13.6. The molecule has 0 spiro atoms. The second kappa shape index (κ2) is 31.4. The van der Waals surface area contributed by atoms with E-state index >= 15 is 4.79 Å². The van der Waals surface area contributed by atoms with Gasteiger partial charge in [0.1, 0.15) is 146 Å². The van der Waals surface area contributed by atoms with Gasteiger partial charge < -0.3 is 159 Å². The molecule has 6 saturated heterocycles. The fourth-order valence-corrected chi connectivity index (χ4v) is 18.4. The van der Waals surface area contributed by atoms with E-state index in [9.17, 15) is 102 Å². The Labute approximate surface area is 579 Å². The average molecular weight is 1450 g/mol. The third-order valence-corrected chi connectivity index (χ3v) is 25.0. The molecule has 0 aromatic heterocycles. The zero-order chi connectivity index (χ0) is 73.5. The Balaban J connectivity index is 0.853. The van der Waals surface area contributed by atoms with Crippen molar-refractivity contribution in [2.24, 2.45) is 45.3 Å². The Bertz CT molecular complexity index is 2720. The van der Waals surface area contributed by atoms with Crippen molar-refractivity contribution in [3.8, 4) is 0 Å². The highest BCUT2D eigenvalue weighted by atomic mass is 16.8. The van der Waals surface area contributed by atoms with Crippen molar-refractivity contribution >= 4 is 5.78 Å². The number of aliphatic hydroxyl groups is 20. The normalized spacial score (nSPS) is 51.3. The van der Waals surface area contributed by atoms with Gasteiger partial charge in [0.2, 0.25) is 0 Å². The molecule has 578 valence electrons. The van der Waals surface area contributed by atoms with E-state index in [2.05, 4.69) is 33.8 Å². The Morgan fingerprint density at radius 3 is 1.39 bits per heavy atom. The molecule has 39 atom stereocenters. The van der Waals surface area contributed by atoms with E-state index in [0.29, 0.717) is 25.7 Å². The van der Waals surface area contributed by atoms with E-state index in [-0.39, 0.29) is 48.7 Å². The minimum Gasteiger partial charge on any atom is -0.394 e. The van der Waals surface area contributed by atoms with Gasteiger partial charge >= 0.3 is 0 Å². The summed E-state index contributed by atoms with van der Waals surface area (Å²) in [7, 11) is 0. The molecule has 0 aromatic rings. The SMILES string of the molecule is CC[C@@H]1O[C@H](O[C@H]2[C@H](O[C@H](CC[C@@H](C)C3CC[C@@]4(C)C5CC=C6C(CC[C@H](O[C@@H]7O[C@H](CO[C@@H]8O[C@H](CO)[C@@H](O)[C@H](O)[C@H]8O)[C@@H](O)[C@H](O)[C@H]7O[C@H]7O[C@@H](CO)[C@H](O)[C@@H](O)[C@@H]7O)C6(C)C)[C@]5(C)C(=O)C[C@]34C)C(C)(C)O)O[C@H](CO[C@@H]3O[C@H](CO)[C@@H](O)[C@H](O)[C@H]3O)[C@@H](O)[C@@H]2O)[C@@H](O)[C@H](O)[C@H]1O. The van der Waals surface area contributed by atoms with Crippen molar-refractivity contribution in [2.45, 2.75) is 322 Å². The molecule has 6 aliphatic heterocycles. The summed E-state index contributed by atoms with van der Waals surface area (Å²) in [5.41, 5.74) is -3.40. The van der Waals surface area contributed by atoms with E-state index in [1.807, 2.05) is 13.8 Å². The first kappa shape index (κ1) is 80.7. The maximum atomic E-state index is 15.6. The summed E-state index contributed by atoms with van der Waals surface area (Å²) in [6.07, 6.45) is -46.7. The van der Waals surface area contributed by atoms with Gasteiger partial charge in [0.15, 0.2) is 37.7 Å². The van der Waals surface area contributed by atoms with Gasteiger partial charge in [-0.1, -0.05) is 60.1 Å². The van der Waals surface area contributed by atoms with Crippen molar-refractivity contribution in [1.29, 1.82) is 0 Å². The number of hydrogen-bond donors (Lipinski definition) is 20. The van der Waals surface area contributed by atoms with Crippen LogP contribution in [-0.4, -0.2) is 343 Å². The fraction of sp³-hybridized carbons (Fsp3) is 0.955. The van der Waals surface area contributed by atoms with Gasteiger partial charge in [0.25, 0.3) is 0 Å². The summed E-state index contributed by atoms with van der Waals surface area (Å²) in [6, 6.07) is 0. The molecule has 10 rings (SSSR count). The van der Waals surface area contributed by atoms with Crippen LogP contribution in [0.4, 0.5) is 0 Å². The standard InChI is InChI=1S/C67H112O33/c1-10-29-39(72)45(78)53(86)59(91-29)99-56-50(83)44(77)34(24-90-58-52(85)47(80)41(74)31(21-69)93-58)96-62(56)98-38(64(5,6)88)15-11-25(2)26-17-18-65(7)35-14-12-27-28(67(35,9)36(71)19-66(26,65)8)13-16-37(63(27,3)4)97-61-55(100-60-54(87)48(81)42(75)32(22-70)94-60)49(82)43(76)33(95-61)23-89-57-51(84)46(79)40(73)30(20-68)92-57/h12,25-26,28-35,37-62,68-70,72-88H,10-11,13-24H2,1-9H3/t25-,26?,28?,29+,30-,31-,32+,33-,34-,35?,37+,38-,39+,40-,41-,42+,43-,44-,45-,46+,47+,48-,49+,50+,51-,52-,53+,54+,55-,56-,57-,58-,59-,60-,61+,62+,65+,66-,67+/m1/s1. The van der Waals surface area contributed by atoms with Crippen molar-refractivity contribution < 1.29 is 164 Å². The number of carbonyl (C=O) groups excluding carboxylic acids is 1. The lowest BCUT2D eigenvalue weighted by atomic mass is 9.38. The lowest BCUT2D eigenvalue weighted by Crippen LogP contribution is -2.66. The van der Waals surface area contributed by atoms with Gasteiger partial charge in [-0.15, -0.1) is 0 Å². The Kier molecular flexibility index (Phi) is 25.3. The molecule has 9 fully saturated rings. The van der Waals surface area contributed by atoms with Gasteiger partial charge in [-0.2, -0.15) is 0 Å². The van der Waals surface area contributed by atoms with Crippen LogP contribution in [0.25, 0.3) is 0 Å². The Morgan fingerprint density at radius 1 is 0.500 bits per heavy atom. The lowest BCUT2D eigenvalue weighted by molar-refractivity contribution is -0.379. The van der Waals surface area contributed by atoms with Crippen molar-refractivity contribution in [3.63, 3.8) is 0 Å². The third kappa shape index (κ3) is 14.7. The number of rotatable bonds is 23. The zero-order valence-electron chi connectivity index (χ0n) is 58.0. The highest BCUT2D eigenvalue weighted by Crippen LogP contribution is 2.74. The molecule has 33 nitrogen and oxygen atoms in total. The van der Waals surface area contributed by atoms with Crippen molar-refractivity contribution in [3.05, 3.63) is 11.6 Å². The number of ketones is 1. The maximum Gasteiger partial charge on any atom is 0.187 e. The Morgan fingerprint density at radius 2 is 0.920 bits per heavy atom. The maximum absolute atomic E-state index is 15.6. The molecule has 0 bridgehead atoms. The van der Waals surface area contributed by atoms with Gasteiger partial charge in [-0.25, -0.2) is 0 Å². The largest absolute Gasteiger partial charge is 0.394 e. The smallest absolute Gasteiger partial charge is 0.187 e. The van der Waals surface area contributed by atoms with E-state index < -0.39 is 257 Å². The molecule has 20 N–H and O–H groups in total. The van der Waals surface area contributed by atoms with Crippen LogP contribution in [-0.2, 0) is 61.6 Å². The van der Waals surface area contributed by atoms with Gasteiger partial charge in [0, 0.05) is 17.3 Å². The average Bonchev–Trinajstić information content (AvgIpc) is 1.33.